The number of nitrogens with one attached hydrogen (secondary N) is 1. The Balaban J connectivity index is 1.46. The number of hydrogen-bond donors (Lipinski definition) is 1. The summed E-state index contributed by atoms with van der Waals surface area (Å²) in [6.07, 6.45) is 1.99. The van der Waals surface area contributed by atoms with Gasteiger partial charge in [-0.2, -0.15) is 4.52 Å². The highest BCUT2D eigenvalue weighted by atomic mass is 16.4. The number of rotatable bonds is 4. The molecule has 4 aromatic rings. The number of benzene rings is 2. The molecular formula is C20H18N4O2. The van der Waals surface area contributed by atoms with Crippen molar-refractivity contribution in [2.24, 2.45) is 0 Å². The average molecular weight is 346 g/mol. The van der Waals surface area contributed by atoms with E-state index in [-0.39, 0.29) is 5.91 Å². The Morgan fingerprint density at radius 3 is 2.69 bits per heavy atom. The van der Waals surface area contributed by atoms with Gasteiger partial charge >= 0.3 is 0 Å². The minimum absolute atomic E-state index is 0.0459. The normalized spacial score (nSPS) is 11.0. The van der Waals surface area contributed by atoms with Crippen molar-refractivity contribution in [1.29, 1.82) is 0 Å². The van der Waals surface area contributed by atoms with Gasteiger partial charge in [-0.25, -0.2) is 4.98 Å². The summed E-state index contributed by atoms with van der Waals surface area (Å²) >= 11 is 0. The van der Waals surface area contributed by atoms with E-state index in [9.17, 15) is 4.79 Å². The van der Waals surface area contributed by atoms with Crippen LogP contribution in [0, 0.1) is 13.8 Å². The first-order chi connectivity index (χ1) is 12.6. The van der Waals surface area contributed by atoms with Crippen molar-refractivity contribution in [1.82, 2.24) is 14.6 Å². The van der Waals surface area contributed by atoms with Gasteiger partial charge in [0.2, 0.25) is 17.5 Å². The molecule has 0 saturated carbocycles. The van der Waals surface area contributed by atoms with Gasteiger partial charge in [-0.3, -0.25) is 4.79 Å². The van der Waals surface area contributed by atoms with Crippen molar-refractivity contribution in [2.45, 2.75) is 20.3 Å². The number of aryl methyl sites for hydroxylation is 2. The molecular weight excluding hydrogens is 328 g/mol. The Morgan fingerprint density at radius 1 is 1.15 bits per heavy atom. The van der Waals surface area contributed by atoms with Crippen LogP contribution < -0.4 is 5.32 Å². The summed E-state index contributed by atoms with van der Waals surface area (Å²) in [5.74, 6) is 1.24. The maximum Gasteiger partial charge on any atom is 0.246 e. The minimum Gasteiger partial charge on any atom is -0.417 e. The quantitative estimate of drug-likeness (QED) is 0.610. The first-order valence-electron chi connectivity index (χ1n) is 8.35. The average Bonchev–Trinajstić information content (AvgIpc) is 3.18. The van der Waals surface area contributed by atoms with E-state index in [2.05, 4.69) is 15.4 Å². The van der Waals surface area contributed by atoms with Crippen molar-refractivity contribution in [2.75, 3.05) is 5.32 Å². The molecule has 0 spiro atoms. The molecule has 130 valence electrons. The van der Waals surface area contributed by atoms with Crippen LogP contribution in [-0.4, -0.2) is 20.5 Å². The van der Waals surface area contributed by atoms with Crippen molar-refractivity contribution in [3.05, 3.63) is 71.7 Å². The largest absolute Gasteiger partial charge is 0.417 e. The second-order valence-electron chi connectivity index (χ2n) is 6.25. The molecule has 6 nitrogen and oxygen atoms in total. The molecule has 0 aliphatic heterocycles. The SMILES string of the molecule is Cc1cccc(CC(=O)Nc2ccc(-c3nn4c(C)ncc4o3)cc2)c1. The fourth-order valence-electron chi connectivity index (χ4n) is 2.84. The van der Waals surface area contributed by atoms with Crippen LogP contribution in [0.25, 0.3) is 17.2 Å². The van der Waals surface area contributed by atoms with Crippen LogP contribution in [0.3, 0.4) is 0 Å². The van der Waals surface area contributed by atoms with E-state index in [1.807, 2.05) is 62.4 Å². The van der Waals surface area contributed by atoms with E-state index >= 15 is 0 Å². The number of anilines is 1. The van der Waals surface area contributed by atoms with Gasteiger partial charge in [-0.05, 0) is 43.7 Å². The molecule has 4 rings (SSSR count). The fraction of sp³-hybridized carbons (Fsp3) is 0.150. The number of imidazole rings is 1. The van der Waals surface area contributed by atoms with Gasteiger partial charge in [0.15, 0.2) is 0 Å². The summed E-state index contributed by atoms with van der Waals surface area (Å²) in [6, 6.07) is 15.4. The first kappa shape index (κ1) is 16.1. The number of carbonyl (C=O) groups is 1. The molecule has 0 aliphatic carbocycles. The molecule has 0 fully saturated rings. The summed E-state index contributed by atoms with van der Waals surface area (Å²) in [5, 5.41) is 7.31. The highest BCUT2D eigenvalue weighted by Gasteiger charge is 2.11. The van der Waals surface area contributed by atoms with Gasteiger partial charge in [0.05, 0.1) is 12.6 Å². The number of amides is 1. The van der Waals surface area contributed by atoms with Crippen LogP contribution in [-0.2, 0) is 11.2 Å². The number of hydrogen-bond acceptors (Lipinski definition) is 4. The molecule has 0 atom stereocenters. The lowest BCUT2D eigenvalue weighted by Crippen LogP contribution is -2.14. The van der Waals surface area contributed by atoms with Gasteiger partial charge in [-0.1, -0.05) is 29.8 Å². The third kappa shape index (κ3) is 3.21. The summed E-state index contributed by atoms with van der Waals surface area (Å²) in [5.41, 5.74) is 4.33. The van der Waals surface area contributed by atoms with E-state index in [4.69, 9.17) is 4.42 Å². The van der Waals surface area contributed by atoms with Crippen LogP contribution in [0.15, 0.2) is 59.1 Å². The van der Waals surface area contributed by atoms with Crippen LogP contribution in [0.4, 0.5) is 5.69 Å². The van der Waals surface area contributed by atoms with Gasteiger partial charge < -0.3 is 9.73 Å². The molecule has 2 aromatic carbocycles. The predicted molar refractivity (Wildman–Crippen MR) is 98.9 cm³/mol. The second-order valence-corrected chi connectivity index (χ2v) is 6.25. The van der Waals surface area contributed by atoms with Crippen molar-refractivity contribution in [3.8, 4) is 11.5 Å². The zero-order valence-electron chi connectivity index (χ0n) is 14.6. The molecule has 2 aromatic heterocycles. The highest BCUT2D eigenvalue weighted by Crippen LogP contribution is 2.22. The second kappa shape index (κ2) is 6.48. The summed E-state index contributed by atoms with van der Waals surface area (Å²) in [6.45, 7) is 3.88. The molecule has 0 bridgehead atoms. The smallest absolute Gasteiger partial charge is 0.246 e. The first-order valence-corrected chi connectivity index (χ1v) is 8.35. The standard InChI is InChI=1S/C20H18N4O2/c1-13-4-3-5-15(10-13)11-18(25)22-17-8-6-16(7-9-17)20-23-24-14(2)21-12-19(24)26-20/h3-10,12H,11H2,1-2H3,(H,22,25). The Labute approximate surface area is 150 Å². The molecule has 0 aliphatic rings. The van der Waals surface area contributed by atoms with Crippen molar-refractivity contribution >= 4 is 17.3 Å². The molecule has 1 N–H and O–H groups in total. The van der Waals surface area contributed by atoms with Gasteiger partial charge in [0.25, 0.3) is 0 Å². The Hall–Kier alpha value is -3.41. The third-order valence-electron chi connectivity index (χ3n) is 4.13. The summed E-state index contributed by atoms with van der Waals surface area (Å²) in [7, 11) is 0. The van der Waals surface area contributed by atoms with Gasteiger partial charge in [-0.15, -0.1) is 5.10 Å². The van der Waals surface area contributed by atoms with E-state index < -0.39 is 0 Å². The lowest BCUT2D eigenvalue weighted by molar-refractivity contribution is -0.115. The summed E-state index contributed by atoms with van der Waals surface area (Å²) in [4.78, 5) is 16.4. The van der Waals surface area contributed by atoms with E-state index in [0.717, 1.165) is 28.2 Å². The minimum atomic E-state index is -0.0459. The fourth-order valence-corrected chi connectivity index (χ4v) is 2.84. The van der Waals surface area contributed by atoms with Gasteiger partial charge in [0.1, 0.15) is 5.82 Å². The van der Waals surface area contributed by atoms with Crippen molar-refractivity contribution in [3.63, 3.8) is 0 Å². The van der Waals surface area contributed by atoms with Crippen LogP contribution in [0.5, 0.6) is 0 Å². The zero-order chi connectivity index (χ0) is 18.1. The van der Waals surface area contributed by atoms with E-state index in [1.165, 1.54) is 0 Å². The molecule has 0 unspecified atom stereocenters. The number of carbonyl (C=O) groups excluding carboxylic acids is 1. The number of fused-ring (bicyclic) bond motifs is 1. The summed E-state index contributed by atoms with van der Waals surface area (Å²) < 4.78 is 7.35. The molecule has 1 amide bonds. The Kier molecular flexibility index (Phi) is 4.01. The highest BCUT2D eigenvalue weighted by molar-refractivity contribution is 5.92. The zero-order valence-corrected chi connectivity index (χ0v) is 14.6. The molecule has 0 saturated heterocycles. The lowest BCUT2D eigenvalue weighted by Gasteiger charge is -2.06. The molecule has 2 heterocycles. The third-order valence-corrected chi connectivity index (χ3v) is 4.13. The maximum atomic E-state index is 12.2. The Morgan fingerprint density at radius 2 is 1.96 bits per heavy atom. The Bertz CT molecular complexity index is 1080. The number of aromatic nitrogens is 3. The van der Waals surface area contributed by atoms with Crippen LogP contribution in [0.1, 0.15) is 17.0 Å². The lowest BCUT2D eigenvalue weighted by atomic mass is 10.1. The van der Waals surface area contributed by atoms with Crippen LogP contribution in [0.2, 0.25) is 0 Å². The van der Waals surface area contributed by atoms with E-state index in [0.29, 0.717) is 18.0 Å². The topological polar surface area (TPSA) is 72.4 Å². The maximum absolute atomic E-state index is 12.2. The monoisotopic (exact) mass is 346 g/mol. The van der Waals surface area contributed by atoms with Gasteiger partial charge in [0, 0.05) is 11.3 Å². The number of nitrogens with zero attached hydrogens (tertiary/aromatic N) is 3. The molecule has 6 heteroatoms. The molecule has 0 radical (unpaired) electrons. The van der Waals surface area contributed by atoms with Crippen LogP contribution >= 0.6 is 0 Å². The predicted octanol–water partition coefficient (Wildman–Crippen LogP) is 3.79. The van der Waals surface area contributed by atoms with E-state index in [1.54, 1.807) is 10.7 Å². The molecule has 26 heavy (non-hydrogen) atoms. The van der Waals surface area contributed by atoms with Crippen molar-refractivity contribution < 1.29 is 9.21 Å².